The fourth-order valence-electron chi connectivity index (χ4n) is 2.88. The molecule has 0 atom stereocenters. The van der Waals surface area contributed by atoms with E-state index in [9.17, 15) is 9.59 Å². The summed E-state index contributed by atoms with van der Waals surface area (Å²) in [4.78, 5) is 28.4. The molecule has 0 aliphatic heterocycles. The van der Waals surface area contributed by atoms with Crippen molar-refractivity contribution in [2.24, 2.45) is 0 Å². The second-order valence-electron chi connectivity index (χ2n) is 7.17. The predicted molar refractivity (Wildman–Crippen MR) is 136 cm³/mol. The molecule has 0 spiro atoms. The van der Waals surface area contributed by atoms with Crippen LogP contribution < -0.4 is 31.3 Å². The molecule has 2 aromatic carbocycles. The van der Waals surface area contributed by atoms with Crippen LogP contribution in [0.15, 0.2) is 60.8 Å². The number of carbonyl (C=O) groups is 2. The van der Waals surface area contributed by atoms with Crippen LogP contribution in [0.4, 0.5) is 32.5 Å². The maximum absolute atomic E-state index is 12.4. The van der Waals surface area contributed by atoms with Gasteiger partial charge in [-0.15, -0.1) is 0 Å². The Balaban J connectivity index is 1.44. The smallest absolute Gasteiger partial charge is 0.324 e. The molecular weight excluding hydrogens is 470 g/mol. The predicted octanol–water partition coefficient (Wildman–Crippen LogP) is 4.88. The maximum Gasteiger partial charge on any atom is 0.324 e. The summed E-state index contributed by atoms with van der Waals surface area (Å²) in [5.74, 6) is 0.708. The Labute approximate surface area is 207 Å². The summed E-state index contributed by atoms with van der Waals surface area (Å²) in [6.07, 6.45) is 1.90. The molecular formula is C24H24ClN7O3. The van der Waals surface area contributed by atoms with Crippen LogP contribution in [0.5, 0.6) is 5.75 Å². The molecule has 0 aliphatic rings. The van der Waals surface area contributed by atoms with Crippen molar-refractivity contribution in [2.75, 3.05) is 41.5 Å². The van der Waals surface area contributed by atoms with Gasteiger partial charge in [-0.3, -0.25) is 5.32 Å². The molecule has 0 unspecified atom stereocenters. The number of halogens is 1. The van der Waals surface area contributed by atoms with Gasteiger partial charge in [-0.1, -0.05) is 11.6 Å². The second-order valence-corrected chi connectivity index (χ2v) is 7.61. The average Bonchev–Trinajstić information content (AvgIpc) is 2.86. The van der Waals surface area contributed by atoms with E-state index in [1.807, 2.05) is 25.2 Å². The van der Waals surface area contributed by atoms with Crippen LogP contribution in [0.25, 0.3) is 0 Å². The molecule has 4 amide bonds. The molecule has 0 saturated carbocycles. The molecule has 3 aromatic rings. The highest BCUT2D eigenvalue weighted by atomic mass is 35.5. The summed E-state index contributed by atoms with van der Waals surface area (Å²) in [6.45, 7) is 0.688. The molecule has 1 heterocycles. The molecule has 0 fully saturated rings. The van der Waals surface area contributed by atoms with E-state index in [1.165, 1.54) is 12.3 Å². The van der Waals surface area contributed by atoms with E-state index in [4.69, 9.17) is 21.6 Å². The van der Waals surface area contributed by atoms with Crippen molar-refractivity contribution < 1.29 is 14.3 Å². The first-order valence-electron chi connectivity index (χ1n) is 10.7. The number of hydrogen-bond acceptors (Lipinski definition) is 6. The Hall–Kier alpha value is -4.49. The molecule has 11 heteroatoms. The van der Waals surface area contributed by atoms with E-state index in [1.54, 1.807) is 36.4 Å². The van der Waals surface area contributed by atoms with E-state index >= 15 is 0 Å². The van der Waals surface area contributed by atoms with E-state index < -0.39 is 6.03 Å². The van der Waals surface area contributed by atoms with Crippen molar-refractivity contribution in [1.29, 1.82) is 5.26 Å². The summed E-state index contributed by atoms with van der Waals surface area (Å²) < 4.78 is 5.77. The fraction of sp³-hybridized carbons (Fsp3) is 0.167. The molecule has 180 valence electrons. The number of amides is 4. The number of anilines is 4. The normalized spacial score (nSPS) is 9.97. The van der Waals surface area contributed by atoms with E-state index in [-0.39, 0.29) is 11.8 Å². The molecule has 0 aliphatic carbocycles. The van der Waals surface area contributed by atoms with Gasteiger partial charge in [0.15, 0.2) is 0 Å². The third kappa shape index (κ3) is 8.10. The number of nitrogens with one attached hydrogen (secondary N) is 5. The van der Waals surface area contributed by atoms with Gasteiger partial charge in [0.25, 0.3) is 0 Å². The van der Waals surface area contributed by atoms with Gasteiger partial charge in [0, 0.05) is 36.2 Å². The standard InChI is InChI=1S/C24H24ClN7O3/c1-27-18-5-7-19(8-6-18)30-23(33)28-11-2-12-35-21-9-4-17(25)13-20(21)31-24(34)32-22-10-3-16(14-26)15-29-22/h3-10,13,15,27H,2,11-12H2,1H3,(H2,28,30,33)(H2,29,31,32,34). The van der Waals surface area contributed by atoms with Crippen molar-refractivity contribution in [3.8, 4) is 11.8 Å². The monoisotopic (exact) mass is 493 g/mol. The van der Waals surface area contributed by atoms with Gasteiger partial charge in [-0.2, -0.15) is 5.26 Å². The van der Waals surface area contributed by atoms with Crippen LogP contribution in [0, 0.1) is 11.3 Å². The van der Waals surface area contributed by atoms with Crippen LogP contribution >= 0.6 is 11.6 Å². The van der Waals surface area contributed by atoms with Crippen molar-refractivity contribution >= 4 is 46.5 Å². The van der Waals surface area contributed by atoms with Gasteiger partial charge in [0.05, 0.1) is 17.9 Å². The number of nitriles is 1. The minimum Gasteiger partial charge on any atom is -0.491 e. The molecule has 35 heavy (non-hydrogen) atoms. The van der Waals surface area contributed by atoms with Crippen molar-refractivity contribution in [3.05, 3.63) is 71.4 Å². The Kier molecular flexibility index (Phi) is 9.10. The SMILES string of the molecule is CNc1ccc(NC(=O)NCCCOc2ccc(Cl)cc2NC(=O)Nc2ccc(C#N)cn2)cc1. The lowest BCUT2D eigenvalue weighted by Gasteiger charge is -2.14. The largest absolute Gasteiger partial charge is 0.491 e. The highest BCUT2D eigenvalue weighted by molar-refractivity contribution is 6.31. The van der Waals surface area contributed by atoms with E-state index in [0.29, 0.717) is 47.3 Å². The minimum absolute atomic E-state index is 0.285. The first kappa shape index (κ1) is 25.1. The average molecular weight is 494 g/mol. The summed E-state index contributed by atoms with van der Waals surface area (Å²) in [6, 6.07) is 16.4. The van der Waals surface area contributed by atoms with Gasteiger partial charge in [-0.05, 0) is 61.0 Å². The summed E-state index contributed by atoms with van der Waals surface area (Å²) in [5, 5.41) is 23.0. The number of nitrogens with zero attached hydrogens (tertiary/aromatic N) is 2. The van der Waals surface area contributed by atoms with Crippen molar-refractivity contribution in [2.45, 2.75) is 6.42 Å². The molecule has 0 radical (unpaired) electrons. The zero-order valence-electron chi connectivity index (χ0n) is 18.9. The van der Waals surface area contributed by atoms with Crippen LogP contribution in [0.2, 0.25) is 5.02 Å². The number of rotatable bonds is 9. The zero-order chi connectivity index (χ0) is 25.0. The zero-order valence-corrected chi connectivity index (χ0v) is 19.6. The number of aromatic nitrogens is 1. The highest BCUT2D eigenvalue weighted by Crippen LogP contribution is 2.28. The molecule has 0 bridgehead atoms. The van der Waals surface area contributed by atoms with Crippen molar-refractivity contribution in [3.63, 3.8) is 0 Å². The molecule has 1 aromatic heterocycles. The molecule has 3 rings (SSSR count). The number of urea groups is 2. The number of hydrogen-bond donors (Lipinski definition) is 5. The summed E-state index contributed by atoms with van der Waals surface area (Å²) >= 11 is 6.07. The van der Waals surface area contributed by atoms with Gasteiger partial charge in [-0.25, -0.2) is 14.6 Å². The fourth-order valence-corrected chi connectivity index (χ4v) is 3.05. The van der Waals surface area contributed by atoms with Gasteiger partial charge in [0.2, 0.25) is 0 Å². The first-order valence-corrected chi connectivity index (χ1v) is 11.0. The number of ether oxygens (including phenoxy) is 1. The lowest BCUT2D eigenvalue weighted by molar-refractivity contribution is 0.250. The van der Waals surface area contributed by atoms with Gasteiger partial charge in [0.1, 0.15) is 17.6 Å². The number of carbonyl (C=O) groups excluding carboxylic acids is 2. The third-order valence-corrected chi connectivity index (χ3v) is 4.85. The molecule has 10 nitrogen and oxygen atoms in total. The summed E-state index contributed by atoms with van der Waals surface area (Å²) in [7, 11) is 1.82. The lowest BCUT2D eigenvalue weighted by atomic mass is 10.3. The van der Waals surface area contributed by atoms with Crippen molar-refractivity contribution in [1.82, 2.24) is 10.3 Å². The van der Waals surface area contributed by atoms with E-state index in [2.05, 4.69) is 31.6 Å². The number of benzene rings is 2. The van der Waals surface area contributed by atoms with Gasteiger partial charge < -0.3 is 26.0 Å². The second kappa shape index (κ2) is 12.7. The van der Waals surface area contributed by atoms with Gasteiger partial charge >= 0.3 is 12.1 Å². The van der Waals surface area contributed by atoms with Crippen LogP contribution in [-0.4, -0.2) is 37.2 Å². The van der Waals surface area contributed by atoms with E-state index in [0.717, 1.165) is 5.69 Å². The maximum atomic E-state index is 12.4. The highest BCUT2D eigenvalue weighted by Gasteiger charge is 2.10. The van der Waals surface area contributed by atoms with Crippen LogP contribution in [0.1, 0.15) is 12.0 Å². The lowest BCUT2D eigenvalue weighted by Crippen LogP contribution is -2.30. The quantitative estimate of drug-likeness (QED) is 0.269. The summed E-state index contributed by atoms with van der Waals surface area (Å²) in [5.41, 5.74) is 2.40. The Morgan fingerprint density at radius 1 is 1.00 bits per heavy atom. The topological polar surface area (TPSA) is 140 Å². The third-order valence-electron chi connectivity index (χ3n) is 4.62. The number of pyridine rings is 1. The van der Waals surface area contributed by atoms with Crippen LogP contribution in [-0.2, 0) is 0 Å². The molecule has 5 N–H and O–H groups in total. The first-order chi connectivity index (χ1) is 17.0. The van der Waals surface area contributed by atoms with Crippen LogP contribution in [0.3, 0.4) is 0 Å². The Bertz CT molecular complexity index is 1200. The minimum atomic E-state index is -0.546. The molecule has 0 saturated heterocycles. The Morgan fingerprint density at radius 3 is 2.46 bits per heavy atom. The Morgan fingerprint density at radius 2 is 1.77 bits per heavy atom.